The van der Waals surface area contributed by atoms with Crippen molar-refractivity contribution in [3.8, 4) is 23.0 Å². The molecule has 0 aliphatic carbocycles. The Morgan fingerprint density at radius 2 is 1.72 bits per heavy atom. The number of hydrogen-bond acceptors (Lipinski definition) is 5. The summed E-state index contributed by atoms with van der Waals surface area (Å²) in [5, 5.41) is 0. The van der Waals surface area contributed by atoms with Crippen LogP contribution in [0.5, 0.6) is 23.0 Å². The third-order valence-corrected chi connectivity index (χ3v) is 5.21. The van der Waals surface area contributed by atoms with E-state index in [1.165, 1.54) is 0 Å². The number of ketones is 1. The van der Waals surface area contributed by atoms with Crippen molar-refractivity contribution in [3.63, 3.8) is 0 Å². The molecular formula is C27H24O5. The molecular weight excluding hydrogens is 404 g/mol. The summed E-state index contributed by atoms with van der Waals surface area (Å²) in [5.41, 5.74) is 3.11. The summed E-state index contributed by atoms with van der Waals surface area (Å²) >= 11 is 0. The molecule has 0 spiro atoms. The number of carbonyl (C=O) groups excluding carboxylic acids is 1. The minimum Gasteiger partial charge on any atom is -0.497 e. The lowest BCUT2D eigenvalue weighted by Gasteiger charge is -2.10. The molecule has 0 saturated carbocycles. The number of fused-ring (bicyclic) bond motifs is 1. The van der Waals surface area contributed by atoms with Crippen LogP contribution in [-0.2, 0) is 0 Å². The number of hydrogen-bond donors (Lipinski definition) is 0. The molecule has 0 amide bonds. The van der Waals surface area contributed by atoms with Gasteiger partial charge in [0.1, 0.15) is 29.6 Å². The molecule has 0 saturated heterocycles. The van der Waals surface area contributed by atoms with Crippen molar-refractivity contribution in [2.75, 3.05) is 20.8 Å². The molecule has 3 aromatic carbocycles. The van der Waals surface area contributed by atoms with Crippen LogP contribution in [0.4, 0.5) is 0 Å². The highest BCUT2D eigenvalue weighted by molar-refractivity contribution is 6.15. The first-order chi connectivity index (χ1) is 15.6. The highest BCUT2D eigenvalue weighted by Crippen LogP contribution is 2.40. The van der Waals surface area contributed by atoms with Crippen LogP contribution in [-0.4, -0.2) is 26.6 Å². The van der Waals surface area contributed by atoms with E-state index in [0.717, 1.165) is 11.1 Å². The molecule has 0 atom stereocenters. The fourth-order valence-corrected chi connectivity index (χ4v) is 3.50. The van der Waals surface area contributed by atoms with Crippen LogP contribution >= 0.6 is 0 Å². The summed E-state index contributed by atoms with van der Waals surface area (Å²) in [6.07, 6.45) is 5.63. The lowest BCUT2D eigenvalue weighted by Crippen LogP contribution is -1.99. The normalized spacial score (nSPS) is 13.8. The fraction of sp³-hybridized carbons (Fsp3) is 0.148. The Kier molecular flexibility index (Phi) is 6.26. The van der Waals surface area contributed by atoms with Gasteiger partial charge in [-0.3, -0.25) is 4.79 Å². The third-order valence-electron chi connectivity index (χ3n) is 5.21. The van der Waals surface area contributed by atoms with Crippen LogP contribution in [0.2, 0.25) is 0 Å². The minimum absolute atomic E-state index is 0.177. The Hall–Kier alpha value is -3.99. The average molecular weight is 428 g/mol. The van der Waals surface area contributed by atoms with E-state index in [1.807, 2.05) is 49.4 Å². The van der Waals surface area contributed by atoms with Gasteiger partial charge < -0.3 is 18.9 Å². The summed E-state index contributed by atoms with van der Waals surface area (Å²) < 4.78 is 22.6. The number of rotatable bonds is 7. The van der Waals surface area contributed by atoms with Gasteiger partial charge in [0.25, 0.3) is 0 Å². The highest BCUT2D eigenvalue weighted by atomic mass is 16.5. The lowest BCUT2D eigenvalue weighted by atomic mass is 10.1. The molecule has 162 valence electrons. The molecule has 0 aromatic heterocycles. The first-order valence-electron chi connectivity index (χ1n) is 10.2. The highest BCUT2D eigenvalue weighted by Gasteiger charge is 2.30. The van der Waals surface area contributed by atoms with Crippen molar-refractivity contribution >= 4 is 17.9 Å². The molecule has 1 aliphatic heterocycles. The monoisotopic (exact) mass is 428 g/mol. The molecule has 5 nitrogen and oxygen atoms in total. The van der Waals surface area contributed by atoms with E-state index in [0.29, 0.717) is 40.7 Å². The molecule has 32 heavy (non-hydrogen) atoms. The zero-order chi connectivity index (χ0) is 22.5. The van der Waals surface area contributed by atoms with E-state index in [4.69, 9.17) is 18.9 Å². The van der Waals surface area contributed by atoms with Crippen molar-refractivity contribution < 1.29 is 23.7 Å². The summed E-state index contributed by atoms with van der Waals surface area (Å²) in [4.78, 5) is 12.9. The molecule has 3 aromatic rings. The molecule has 0 bridgehead atoms. The molecule has 1 aliphatic rings. The second-order valence-electron chi connectivity index (χ2n) is 7.24. The Bertz CT molecular complexity index is 1190. The topological polar surface area (TPSA) is 54.0 Å². The summed E-state index contributed by atoms with van der Waals surface area (Å²) in [6, 6.07) is 19.0. The predicted octanol–water partition coefficient (Wildman–Crippen LogP) is 5.72. The molecule has 1 heterocycles. The van der Waals surface area contributed by atoms with Crippen LogP contribution in [0.3, 0.4) is 0 Å². The minimum atomic E-state index is -0.177. The molecule has 4 rings (SSSR count). The van der Waals surface area contributed by atoms with E-state index >= 15 is 0 Å². The fourth-order valence-electron chi connectivity index (χ4n) is 3.50. The zero-order valence-corrected chi connectivity index (χ0v) is 18.3. The number of benzene rings is 3. The van der Waals surface area contributed by atoms with Gasteiger partial charge in [-0.1, -0.05) is 36.4 Å². The van der Waals surface area contributed by atoms with Crippen molar-refractivity contribution in [1.29, 1.82) is 0 Å². The van der Waals surface area contributed by atoms with Gasteiger partial charge in [0.2, 0.25) is 5.78 Å². The second kappa shape index (κ2) is 9.43. The molecule has 0 N–H and O–H groups in total. The SMILES string of the molecule is COc1ccc(OC)c(/C=C2\Oc3c(ccc(OC/C=C/c4ccccc4)c3C)C2=O)c1. The maximum atomic E-state index is 12.9. The van der Waals surface area contributed by atoms with Crippen molar-refractivity contribution in [1.82, 2.24) is 0 Å². The summed E-state index contributed by atoms with van der Waals surface area (Å²) in [5.74, 6) is 2.54. The second-order valence-corrected chi connectivity index (χ2v) is 7.24. The summed E-state index contributed by atoms with van der Waals surface area (Å²) in [7, 11) is 3.17. The van der Waals surface area contributed by atoms with Crippen LogP contribution in [0.15, 0.2) is 72.5 Å². The largest absolute Gasteiger partial charge is 0.497 e. The van der Waals surface area contributed by atoms with E-state index in [-0.39, 0.29) is 11.5 Å². The van der Waals surface area contributed by atoms with Gasteiger partial charge in [-0.25, -0.2) is 0 Å². The van der Waals surface area contributed by atoms with Gasteiger partial charge in [0, 0.05) is 11.1 Å². The number of allylic oxidation sites excluding steroid dienone is 1. The molecule has 0 radical (unpaired) electrons. The lowest BCUT2D eigenvalue weighted by molar-refractivity contribution is 0.101. The van der Waals surface area contributed by atoms with Gasteiger partial charge in [-0.15, -0.1) is 0 Å². The van der Waals surface area contributed by atoms with E-state index in [1.54, 1.807) is 50.6 Å². The van der Waals surface area contributed by atoms with Gasteiger partial charge >= 0.3 is 0 Å². The maximum absolute atomic E-state index is 12.9. The Balaban J connectivity index is 1.53. The third kappa shape index (κ3) is 4.37. The number of carbonyl (C=O) groups is 1. The van der Waals surface area contributed by atoms with Gasteiger partial charge in [-0.05, 0) is 55.0 Å². The van der Waals surface area contributed by atoms with E-state index < -0.39 is 0 Å². The number of methoxy groups -OCH3 is 2. The van der Waals surface area contributed by atoms with Crippen molar-refractivity contribution in [2.45, 2.75) is 6.92 Å². The predicted molar refractivity (Wildman–Crippen MR) is 125 cm³/mol. The van der Waals surface area contributed by atoms with E-state index in [9.17, 15) is 4.79 Å². The first kappa shape index (κ1) is 21.2. The van der Waals surface area contributed by atoms with Crippen LogP contribution < -0.4 is 18.9 Å². The maximum Gasteiger partial charge on any atom is 0.231 e. The van der Waals surface area contributed by atoms with Crippen LogP contribution in [0.1, 0.15) is 27.0 Å². The van der Waals surface area contributed by atoms with Crippen molar-refractivity contribution in [2.24, 2.45) is 0 Å². The summed E-state index contributed by atoms with van der Waals surface area (Å²) in [6.45, 7) is 2.30. The van der Waals surface area contributed by atoms with Crippen LogP contribution in [0, 0.1) is 6.92 Å². The number of ether oxygens (including phenoxy) is 4. The molecule has 0 unspecified atom stereocenters. The molecule has 5 heteroatoms. The first-order valence-corrected chi connectivity index (χ1v) is 10.2. The Morgan fingerprint density at radius 3 is 2.47 bits per heavy atom. The standard InChI is InChI=1S/C27H24O5/c1-18-23(31-15-7-10-19-8-5-4-6-9-19)14-12-22-26(28)25(32-27(18)22)17-20-16-21(29-2)11-13-24(20)30-3/h4-14,16-17H,15H2,1-3H3/b10-7+,25-17-. The van der Waals surface area contributed by atoms with Gasteiger partial charge in [-0.2, -0.15) is 0 Å². The van der Waals surface area contributed by atoms with Gasteiger partial charge in [0.15, 0.2) is 5.76 Å². The van der Waals surface area contributed by atoms with Crippen molar-refractivity contribution in [3.05, 3.63) is 94.8 Å². The van der Waals surface area contributed by atoms with Gasteiger partial charge in [0.05, 0.1) is 19.8 Å². The average Bonchev–Trinajstić information content (AvgIpc) is 3.14. The quantitative estimate of drug-likeness (QED) is 0.451. The van der Waals surface area contributed by atoms with E-state index in [2.05, 4.69) is 0 Å². The number of Topliss-reactive ketones (excluding diaryl/α,β-unsaturated/α-hetero) is 1. The molecule has 0 fully saturated rings. The Morgan fingerprint density at radius 1 is 0.938 bits per heavy atom. The zero-order valence-electron chi connectivity index (χ0n) is 18.3. The van der Waals surface area contributed by atoms with Crippen LogP contribution in [0.25, 0.3) is 12.2 Å². The smallest absolute Gasteiger partial charge is 0.231 e. The Labute approximate surface area is 187 Å².